The molecule has 0 aliphatic rings. The number of non-ortho nitro benzene ring substituents is 1. The van der Waals surface area contributed by atoms with Crippen LogP contribution in [0.4, 0.5) is 15.8 Å². The number of halogens is 2. The molecule has 0 atom stereocenters. The van der Waals surface area contributed by atoms with Gasteiger partial charge in [-0.1, -0.05) is 0 Å². The fourth-order valence-electron chi connectivity index (χ4n) is 1.57. The van der Waals surface area contributed by atoms with Crippen molar-refractivity contribution in [3.05, 3.63) is 62.4 Å². The third-order valence-corrected chi connectivity index (χ3v) is 3.27. The maximum absolute atomic E-state index is 13.3. The molecule has 1 amide bonds. The number of nitrogens with zero attached hydrogens (tertiary/aromatic N) is 1. The highest BCUT2D eigenvalue weighted by Crippen LogP contribution is 2.28. The third-order valence-electron chi connectivity index (χ3n) is 2.62. The van der Waals surface area contributed by atoms with Crippen molar-refractivity contribution in [3.63, 3.8) is 0 Å². The van der Waals surface area contributed by atoms with E-state index in [4.69, 9.17) is 0 Å². The van der Waals surface area contributed by atoms with E-state index in [0.29, 0.717) is 0 Å². The number of hydrogen-bond donors (Lipinski definition) is 2. The first-order valence-electron chi connectivity index (χ1n) is 5.62. The number of hydrogen-bond acceptors (Lipinski definition) is 4. The van der Waals surface area contributed by atoms with Gasteiger partial charge in [0.15, 0.2) is 0 Å². The van der Waals surface area contributed by atoms with Gasteiger partial charge in [0.05, 0.1) is 21.1 Å². The summed E-state index contributed by atoms with van der Waals surface area (Å²) in [5, 5.41) is 22.5. The van der Waals surface area contributed by atoms with Crippen molar-refractivity contribution in [1.29, 1.82) is 0 Å². The number of nitro groups is 1. The Hall–Kier alpha value is -2.48. The maximum Gasteiger partial charge on any atom is 0.273 e. The summed E-state index contributed by atoms with van der Waals surface area (Å²) in [4.78, 5) is 21.8. The van der Waals surface area contributed by atoms with Crippen molar-refractivity contribution in [2.45, 2.75) is 0 Å². The number of phenols is 1. The van der Waals surface area contributed by atoms with Crippen molar-refractivity contribution >= 4 is 33.2 Å². The molecule has 0 aliphatic carbocycles. The van der Waals surface area contributed by atoms with Gasteiger partial charge in [0, 0.05) is 11.6 Å². The molecular formula is C13H8BrFN2O4. The van der Waals surface area contributed by atoms with Crippen LogP contribution in [-0.2, 0) is 0 Å². The van der Waals surface area contributed by atoms with E-state index in [2.05, 4.69) is 21.2 Å². The predicted molar refractivity (Wildman–Crippen MR) is 76.8 cm³/mol. The molecule has 0 aliphatic heterocycles. The lowest BCUT2D eigenvalue weighted by molar-refractivity contribution is -0.384. The van der Waals surface area contributed by atoms with Gasteiger partial charge in [-0.25, -0.2) is 4.39 Å². The Morgan fingerprint density at radius 3 is 2.57 bits per heavy atom. The number of carbonyl (C=O) groups is 1. The van der Waals surface area contributed by atoms with Gasteiger partial charge in [-0.15, -0.1) is 0 Å². The first-order valence-corrected chi connectivity index (χ1v) is 6.41. The molecule has 0 heterocycles. The fourth-order valence-corrected chi connectivity index (χ4v) is 1.82. The largest absolute Gasteiger partial charge is 0.506 e. The molecule has 0 saturated heterocycles. The van der Waals surface area contributed by atoms with Crippen molar-refractivity contribution in [2.75, 3.05) is 5.32 Å². The van der Waals surface area contributed by atoms with Crippen molar-refractivity contribution < 1.29 is 19.2 Å². The molecule has 0 unspecified atom stereocenters. The van der Waals surface area contributed by atoms with E-state index in [1.165, 1.54) is 18.2 Å². The zero-order valence-corrected chi connectivity index (χ0v) is 11.9. The number of nitro benzene ring substituents is 1. The molecule has 2 aromatic carbocycles. The van der Waals surface area contributed by atoms with E-state index < -0.39 is 22.4 Å². The summed E-state index contributed by atoms with van der Waals surface area (Å²) >= 11 is 2.97. The fraction of sp³-hybridized carbons (Fsp3) is 0. The lowest BCUT2D eigenvalue weighted by Crippen LogP contribution is -2.12. The summed E-state index contributed by atoms with van der Waals surface area (Å²) in [5.74, 6) is -1.70. The monoisotopic (exact) mass is 354 g/mol. The molecule has 6 nitrogen and oxygen atoms in total. The molecule has 0 radical (unpaired) electrons. The summed E-state index contributed by atoms with van der Waals surface area (Å²) in [6, 6.07) is 7.04. The summed E-state index contributed by atoms with van der Waals surface area (Å²) in [5.41, 5.74) is -0.262. The van der Waals surface area contributed by atoms with E-state index in [1.54, 1.807) is 0 Å². The van der Waals surface area contributed by atoms with Gasteiger partial charge in [-0.2, -0.15) is 0 Å². The molecule has 2 rings (SSSR count). The number of nitrogens with one attached hydrogen (secondary N) is 1. The number of phenolic OH excluding ortho intramolecular Hbond substituents is 1. The number of amides is 1. The van der Waals surface area contributed by atoms with Gasteiger partial charge in [0.1, 0.15) is 11.6 Å². The van der Waals surface area contributed by atoms with Crippen LogP contribution in [0.15, 0.2) is 40.9 Å². The molecular weight excluding hydrogens is 347 g/mol. The van der Waals surface area contributed by atoms with Gasteiger partial charge >= 0.3 is 0 Å². The standard InChI is InChI=1S/C13H8BrFN2O4/c14-9-3-1-7(5-10(9)15)13(19)16-11-4-2-8(17(20)21)6-12(11)18/h1-6,18H,(H,16,19). The first-order chi connectivity index (χ1) is 9.88. The van der Waals surface area contributed by atoms with E-state index >= 15 is 0 Å². The van der Waals surface area contributed by atoms with Gasteiger partial charge in [0.25, 0.3) is 11.6 Å². The van der Waals surface area contributed by atoms with Gasteiger partial charge < -0.3 is 10.4 Å². The second-order valence-corrected chi connectivity index (χ2v) is 4.90. The van der Waals surface area contributed by atoms with Crippen LogP contribution in [0.2, 0.25) is 0 Å². The van der Waals surface area contributed by atoms with E-state index in [1.807, 2.05) is 0 Å². The van der Waals surface area contributed by atoms with E-state index in [0.717, 1.165) is 18.2 Å². The molecule has 2 N–H and O–H groups in total. The van der Waals surface area contributed by atoms with Crippen molar-refractivity contribution in [3.8, 4) is 5.75 Å². The topological polar surface area (TPSA) is 92.5 Å². The third kappa shape index (κ3) is 3.34. The Bertz CT molecular complexity index is 736. The first kappa shape index (κ1) is 14.9. The summed E-state index contributed by atoms with van der Waals surface area (Å²) in [6.45, 7) is 0. The van der Waals surface area contributed by atoms with Crippen molar-refractivity contribution in [2.24, 2.45) is 0 Å². The zero-order chi connectivity index (χ0) is 15.6. The highest BCUT2D eigenvalue weighted by molar-refractivity contribution is 9.10. The van der Waals surface area contributed by atoms with E-state index in [-0.39, 0.29) is 21.4 Å². The average molecular weight is 355 g/mol. The second kappa shape index (κ2) is 5.88. The van der Waals surface area contributed by atoms with E-state index in [9.17, 15) is 24.4 Å². The van der Waals surface area contributed by atoms with Crippen LogP contribution in [0.1, 0.15) is 10.4 Å². The Balaban J connectivity index is 2.23. The van der Waals surface area contributed by atoms with Crippen LogP contribution >= 0.6 is 15.9 Å². The Kier molecular flexibility index (Phi) is 4.18. The molecule has 0 aromatic heterocycles. The Morgan fingerprint density at radius 1 is 1.29 bits per heavy atom. The molecule has 0 bridgehead atoms. The van der Waals surface area contributed by atoms with Crippen LogP contribution in [0.25, 0.3) is 0 Å². The molecule has 0 spiro atoms. The molecule has 8 heteroatoms. The minimum absolute atomic E-state index is 0.00562. The molecule has 0 saturated carbocycles. The highest BCUT2D eigenvalue weighted by Gasteiger charge is 2.14. The lowest BCUT2D eigenvalue weighted by Gasteiger charge is -2.07. The second-order valence-electron chi connectivity index (χ2n) is 4.04. The van der Waals surface area contributed by atoms with Gasteiger partial charge in [-0.3, -0.25) is 14.9 Å². The van der Waals surface area contributed by atoms with Crippen molar-refractivity contribution in [1.82, 2.24) is 0 Å². The van der Waals surface area contributed by atoms with Crippen LogP contribution in [0.3, 0.4) is 0 Å². The Morgan fingerprint density at radius 2 is 2.00 bits per heavy atom. The number of benzene rings is 2. The van der Waals surface area contributed by atoms with Crippen LogP contribution in [0, 0.1) is 15.9 Å². The Labute approximate surface area is 126 Å². The molecule has 2 aromatic rings. The number of rotatable bonds is 3. The molecule has 0 fully saturated rings. The lowest BCUT2D eigenvalue weighted by atomic mass is 10.2. The van der Waals surface area contributed by atoms with Crippen LogP contribution in [-0.4, -0.2) is 15.9 Å². The quantitative estimate of drug-likeness (QED) is 0.501. The van der Waals surface area contributed by atoms with Gasteiger partial charge in [-0.05, 0) is 40.2 Å². The maximum atomic E-state index is 13.3. The number of anilines is 1. The SMILES string of the molecule is O=C(Nc1ccc([N+](=O)[O-])cc1O)c1ccc(Br)c(F)c1. The average Bonchev–Trinajstić information content (AvgIpc) is 2.43. The summed E-state index contributed by atoms with van der Waals surface area (Å²) in [7, 11) is 0. The number of aromatic hydroxyl groups is 1. The number of carbonyl (C=O) groups excluding carboxylic acids is 1. The summed E-state index contributed by atoms with van der Waals surface area (Å²) < 4.78 is 13.6. The smallest absolute Gasteiger partial charge is 0.273 e. The minimum Gasteiger partial charge on any atom is -0.506 e. The zero-order valence-electron chi connectivity index (χ0n) is 10.3. The molecule has 21 heavy (non-hydrogen) atoms. The summed E-state index contributed by atoms with van der Waals surface area (Å²) in [6.07, 6.45) is 0. The minimum atomic E-state index is -0.671. The van der Waals surface area contributed by atoms with Crippen LogP contribution < -0.4 is 5.32 Å². The normalized spacial score (nSPS) is 10.2. The van der Waals surface area contributed by atoms with Crippen LogP contribution in [0.5, 0.6) is 5.75 Å². The predicted octanol–water partition coefficient (Wildman–Crippen LogP) is 3.45. The highest BCUT2D eigenvalue weighted by atomic mass is 79.9. The van der Waals surface area contributed by atoms with Gasteiger partial charge in [0.2, 0.25) is 0 Å². The molecule has 108 valence electrons.